The molecule has 0 bridgehead atoms. The summed E-state index contributed by atoms with van der Waals surface area (Å²) in [6.45, 7) is 5.35. The average molecular weight is 680 g/mol. The molecule has 1 aliphatic heterocycles. The van der Waals surface area contributed by atoms with Gasteiger partial charge in [-0.25, -0.2) is 4.79 Å². The van der Waals surface area contributed by atoms with Gasteiger partial charge in [-0.15, -0.1) is 0 Å². The fourth-order valence-corrected chi connectivity index (χ4v) is 5.53. The lowest BCUT2D eigenvalue weighted by Gasteiger charge is -2.15. The van der Waals surface area contributed by atoms with Crippen LogP contribution in [0.2, 0.25) is 5.02 Å². The van der Waals surface area contributed by atoms with Crippen molar-refractivity contribution < 1.29 is 38.2 Å². The SMILES string of the molecule is CCCOC(=O)c1cc(NC(=O)CN2C(=O)S/C(=C\c3ccc(OCC(=O)Nc4ccccc4C(C)C)c(OC)c3)C2=O)ccc1Cl. The van der Waals surface area contributed by atoms with E-state index in [0.29, 0.717) is 40.9 Å². The summed E-state index contributed by atoms with van der Waals surface area (Å²) in [6, 6.07) is 16.7. The Balaban J connectivity index is 1.38. The highest BCUT2D eigenvalue weighted by Gasteiger charge is 2.36. The fourth-order valence-electron chi connectivity index (χ4n) is 4.50. The topological polar surface area (TPSA) is 140 Å². The zero-order valence-electron chi connectivity index (χ0n) is 26.3. The van der Waals surface area contributed by atoms with E-state index in [-0.39, 0.29) is 46.2 Å². The van der Waals surface area contributed by atoms with Crippen molar-refractivity contribution in [3.63, 3.8) is 0 Å². The predicted octanol–water partition coefficient (Wildman–Crippen LogP) is 6.73. The second-order valence-electron chi connectivity index (χ2n) is 10.6. The van der Waals surface area contributed by atoms with E-state index < -0.39 is 29.6 Å². The molecule has 47 heavy (non-hydrogen) atoms. The number of halogens is 1. The maximum atomic E-state index is 13.1. The summed E-state index contributed by atoms with van der Waals surface area (Å²) >= 11 is 6.80. The molecule has 1 aliphatic rings. The van der Waals surface area contributed by atoms with Gasteiger partial charge in [-0.3, -0.25) is 24.1 Å². The van der Waals surface area contributed by atoms with Gasteiger partial charge in [0.25, 0.3) is 17.1 Å². The van der Waals surface area contributed by atoms with Gasteiger partial charge >= 0.3 is 5.97 Å². The highest BCUT2D eigenvalue weighted by atomic mass is 35.5. The van der Waals surface area contributed by atoms with Crippen LogP contribution in [0.3, 0.4) is 0 Å². The number of carbonyl (C=O) groups is 5. The molecule has 0 radical (unpaired) electrons. The lowest BCUT2D eigenvalue weighted by atomic mass is 10.0. The van der Waals surface area contributed by atoms with Gasteiger partial charge in [0.05, 0.1) is 29.2 Å². The second-order valence-corrected chi connectivity index (χ2v) is 12.0. The van der Waals surface area contributed by atoms with Crippen molar-refractivity contribution in [2.75, 3.05) is 37.5 Å². The Hall–Kier alpha value is -4.81. The van der Waals surface area contributed by atoms with Crippen molar-refractivity contribution in [2.45, 2.75) is 33.1 Å². The van der Waals surface area contributed by atoms with Gasteiger partial charge in [0.1, 0.15) is 6.54 Å². The van der Waals surface area contributed by atoms with Gasteiger partial charge in [-0.1, -0.05) is 56.6 Å². The second kappa shape index (κ2) is 16.1. The van der Waals surface area contributed by atoms with Crippen molar-refractivity contribution in [3.8, 4) is 11.5 Å². The molecule has 2 N–H and O–H groups in total. The van der Waals surface area contributed by atoms with Crippen molar-refractivity contribution in [3.05, 3.63) is 87.3 Å². The third kappa shape index (κ3) is 9.14. The molecule has 3 aromatic carbocycles. The number of para-hydroxylation sites is 1. The zero-order chi connectivity index (χ0) is 34.1. The molecule has 1 fully saturated rings. The summed E-state index contributed by atoms with van der Waals surface area (Å²) in [5.41, 5.74) is 2.58. The summed E-state index contributed by atoms with van der Waals surface area (Å²) in [7, 11) is 1.44. The quantitative estimate of drug-likeness (QED) is 0.149. The van der Waals surface area contributed by atoms with Crippen LogP contribution in [0.1, 0.15) is 54.6 Å². The smallest absolute Gasteiger partial charge is 0.339 e. The van der Waals surface area contributed by atoms with Crippen LogP contribution in [0.15, 0.2) is 65.6 Å². The Morgan fingerprint density at radius 3 is 2.47 bits per heavy atom. The minimum atomic E-state index is -0.649. The van der Waals surface area contributed by atoms with Gasteiger partial charge in [0, 0.05) is 11.4 Å². The van der Waals surface area contributed by atoms with E-state index in [2.05, 4.69) is 10.6 Å². The first-order valence-electron chi connectivity index (χ1n) is 14.7. The highest BCUT2D eigenvalue weighted by Crippen LogP contribution is 2.35. The standard InChI is InChI=1S/C34H34ClN3O8S/c1-5-14-45-33(42)24-17-22(11-12-25(24)35)36-30(39)18-38-32(41)29(47-34(38)43)16-21-10-13-27(28(15-21)44-4)46-19-31(40)37-26-9-7-6-8-23(26)20(2)3/h6-13,15-17,20H,5,14,18-19H2,1-4H3,(H,36,39)(H,37,40)/b29-16-. The summed E-state index contributed by atoms with van der Waals surface area (Å²) in [6.07, 6.45) is 2.13. The normalized spacial score (nSPS) is 13.6. The minimum absolute atomic E-state index is 0.0783. The first-order chi connectivity index (χ1) is 22.5. The van der Waals surface area contributed by atoms with Gasteiger partial charge in [-0.05, 0) is 77.7 Å². The highest BCUT2D eigenvalue weighted by molar-refractivity contribution is 8.18. The van der Waals surface area contributed by atoms with Gasteiger partial charge < -0.3 is 24.8 Å². The predicted molar refractivity (Wildman–Crippen MR) is 181 cm³/mol. The van der Waals surface area contributed by atoms with Crippen LogP contribution in [0, 0.1) is 0 Å². The Labute approximate surface area is 281 Å². The molecular formula is C34H34ClN3O8S. The number of hydrogen-bond acceptors (Lipinski definition) is 9. The molecule has 0 aromatic heterocycles. The van der Waals surface area contributed by atoms with E-state index in [1.54, 1.807) is 18.2 Å². The molecule has 13 heteroatoms. The molecule has 0 unspecified atom stereocenters. The number of benzene rings is 3. The number of esters is 1. The average Bonchev–Trinajstić information content (AvgIpc) is 3.30. The summed E-state index contributed by atoms with van der Waals surface area (Å²) < 4.78 is 16.3. The van der Waals surface area contributed by atoms with Crippen LogP contribution >= 0.6 is 23.4 Å². The van der Waals surface area contributed by atoms with Gasteiger partial charge in [0.15, 0.2) is 18.1 Å². The first kappa shape index (κ1) is 35.1. The first-order valence-corrected chi connectivity index (χ1v) is 15.9. The molecule has 0 aliphatic carbocycles. The fraction of sp³-hybridized carbons (Fsp3) is 0.265. The number of hydrogen-bond donors (Lipinski definition) is 2. The van der Waals surface area contributed by atoms with Gasteiger partial charge in [0.2, 0.25) is 5.91 Å². The molecule has 3 aromatic rings. The van der Waals surface area contributed by atoms with E-state index in [0.717, 1.165) is 10.5 Å². The van der Waals surface area contributed by atoms with Crippen LogP contribution in [0.5, 0.6) is 11.5 Å². The molecule has 0 saturated carbocycles. The van der Waals surface area contributed by atoms with Crippen molar-refractivity contribution >= 4 is 69.7 Å². The maximum absolute atomic E-state index is 13.1. The molecule has 11 nitrogen and oxygen atoms in total. The maximum Gasteiger partial charge on any atom is 0.339 e. The molecule has 4 rings (SSSR count). The number of rotatable bonds is 13. The Bertz CT molecular complexity index is 1730. The number of amides is 4. The molecule has 1 heterocycles. The molecule has 1 saturated heterocycles. The monoisotopic (exact) mass is 679 g/mol. The number of imide groups is 1. The van der Waals surface area contributed by atoms with E-state index in [1.807, 2.05) is 45.0 Å². The summed E-state index contributed by atoms with van der Waals surface area (Å²) in [5.74, 6) is -1.41. The van der Waals surface area contributed by atoms with Crippen molar-refractivity contribution in [1.82, 2.24) is 4.90 Å². The lowest BCUT2D eigenvalue weighted by Crippen LogP contribution is -2.36. The summed E-state index contributed by atoms with van der Waals surface area (Å²) in [5, 5.41) is 4.99. The Kier molecular flexibility index (Phi) is 12.0. The van der Waals surface area contributed by atoms with Crippen LogP contribution in [0.4, 0.5) is 16.2 Å². The molecule has 246 valence electrons. The van der Waals surface area contributed by atoms with Crippen LogP contribution in [-0.2, 0) is 19.1 Å². The molecule has 4 amide bonds. The number of nitrogens with one attached hydrogen (secondary N) is 2. The van der Waals surface area contributed by atoms with Crippen molar-refractivity contribution in [1.29, 1.82) is 0 Å². The molecule has 0 spiro atoms. The van der Waals surface area contributed by atoms with E-state index >= 15 is 0 Å². The van der Waals surface area contributed by atoms with Crippen molar-refractivity contribution in [2.24, 2.45) is 0 Å². The number of methoxy groups -OCH3 is 1. The third-order valence-electron chi connectivity index (χ3n) is 6.78. The van der Waals surface area contributed by atoms with E-state index in [1.165, 1.54) is 31.4 Å². The summed E-state index contributed by atoms with van der Waals surface area (Å²) in [4.78, 5) is 64.3. The number of ether oxygens (including phenoxy) is 3. The minimum Gasteiger partial charge on any atom is -0.493 e. The third-order valence-corrected chi connectivity index (χ3v) is 8.02. The number of anilines is 2. The van der Waals surface area contributed by atoms with Crippen LogP contribution < -0.4 is 20.1 Å². The lowest BCUT2D eigenvalue weighted by molar-refractivity contribution is -0.127. The molecular weight excluding hydrogens is 646 g/mol. The molecule has 0 atom stereocenters. The van der Waals surface area contributed by atoms with E-state index in [9.17, 15) is 24.0 Å². The largest absolute Gasteiger partial charge is 0.493 e. The number of carbonyl (C=O) groups excluding carboxylic acids is 5. The Morgan fingerprint density at radius 1 is 0.979 bits per heavy atom. The van der Waals surface area contributed by atoms with Gasteiger partial charge in [-0.2, -0.15) is 0 Å². The number of thioether (sulfide) groups is 1. The van der Waals surface area contributed by atoms with E-state index in [4.69, 9.17) is 25.8 Å². The van der Waals surface area contributed by atoms with Crippen LogP contribution in [0.25, 0.3) is 6.08 Å². The number of nitrogens with zero attached hydrogens (tertiary/aromatic N) is 1. The van der Waals surface area contributed by atoms with Crippen LogP contribution in [-0.4, -0.2) is 60.7 Å². The zero-order valence-corrected chi connectivity index (χ0v) is 27.8. The Morgan fingerprint density at radius 2 is 1.74 bits per heavy atom.